The molecule has 0 bridgehead atoms. The number of nitrogens with two attached hydrogens (primary N) is 1. The van der Waals surface area contributed by atoms with Crippen LogP contribution in [-0.2, 0) is 0 Å². The fraction of sp³-hybridized carbons (Fsp3) is 0.333. The molecule has 0 aliphatic carbocycles. The number of rotatable bonds is 1. The molecule has 0 unspecified atom stereocenters. The Bertz CT molecular complexity index is 17.2. The van der Waals surface area contributed by atoms with E-state index in [1.54, 1.807) is 6.08 Å². The van der Waals surface area contributed by atoms with Crippen LogP contribution < -0.4 is 5.73 Å². The van der Waals surface area contributed by atoms with E-state index in [-0.39, 0.29) is 0 Å². The molecule has 0 rings (SSSR count). The van der Waals surface area contributed by atoms with Gasteiger partial charge in [0.15, 0.2) is 0 Å². The Balaban J connectivity index is 2.30. The van der Waals surface area contributed by atoms with Gasteiger partial charge in [-0.2, -0.15) is 0 Å². The average molecular weight is 61.1 g/mol. The molecule has 0 heterocycles. The van der Waals surface area contributed by atoms with Crippen molar-refractivity contribution in [2.45, 2.75) is 0 Å². The van der Waals surface area contributed by atoms with Crippen molar-refractivity contribution in [3.8, 4) is 0 Å². The highest BCUT2D eigenvalue weighted by atomic mass is 15.5. The van der Waals surface area contributed by atoms with E-state index in [2.05, 4.69) is 6.58 Å². The highest BCUT2D eigenvalue weighted by Gasteiger charge is 1.43. The zero-order chi connectivity index (χ0) is 3.41. The van der Waals surface area contributed by atoms with E-state index in [4.69, 9.17) is 5.73 Å². The molecule has 4 heavy (non-hydrogen) atoms. The van der Waals surface area contributed by atoms with Crippen LogP contribution in [0, 0.1) is 0 Å². The highest BCUT2D eigenvalue weighted by molar-refractivity contribution is 4.64. The minimum absolute atomic E-state index is 0.583. The summed E-state index contributed by atoms with van der Waals surface area (Å²) in [5.74, 6) is 0. The fourth-order valence-electron chi connectivity index (χ4n) is 0. The summed E-state index contributed by atoms with van der Waals surface area (Å²) in [6.07, 6.45) is 1.65. The van der Waals surface area contributed by atoms with Gasteiger partial charge < -0.3 is 5.73 Å². The molecule has 0 aliphatic rings. The molecule has 0 spiro atoms. The Kier molecular flexibility index (Phi) is 2.50. The lowest BCUT2D eigenvalue weighted by Crippen LogP contribution is -1.90. The molecule has 0 saturated heterocycles. The van der Waals surface area contributed by atoms with E-state index in [0.29, 0.717) is 6.54 Å². The minimum Gasteiger partial charge on any atom is -0.327 e. The molecule has 0 aliphatic heterocycles. The molecule has 0 fully saturated rings. The molecule has 0 radical (unpaired) electrons. The van der Waals surface area contributed by atoms with Gasteiger partial charge in [-0.3, -0.25) is 0 Å². The van der Waals surface area contributed by atoms with Gasteiger partial charge in [0.1, 0.15) is 0 Å². The summed E-state index contributed by atoms with van der Waals surface area (Å²) in [7, 11) is 0. The molecular formula is C3H7N. The maximum Gasteiger partial charge on any atom is 0.0104 e. The van der Waals surface area contributed by atoms with E-state index >= 15 is 0 Å². The van der Waals surface area contributed by atoms with Gasteiger partial charge in [0, 0.05) is 6.54 Å². The topological polar surface area (TPSA) is 26.0 Å². The first-order valence-corrected chi connectivity index (χ1v) is 1.22. The summed E-state index contributed by atoms with van der Waals surface area (Å²) in [6.45, 7) is 3.94. The van der Waals surface area contributed by atoms with Crippen molar-refractivity contribution in [3.05, 3.63) is 12.7 Å². The van der Waals surface area contributed by atoms with E-state index in [1.807, 2.05) is 0 Å². The second-order valence-electron chi connectivity index (χ2n) is 0.524. The van der Waals surface area contributed by atoms with Crippen molar-refractivity contribution in [2.75, 3.05) is 6.54 Å². The lowest BCUT2D eigenvalue weighted by atomic mass is 11.7. The first kappa shape index (κ1) is 3.70. The number of hydrogen-bond acceptors (Lipinski definition) is 1. The van der Waals surface area contributed by atoms with Crippen LogP contribution in [-0.4, -0.2) is 6.54 Å². The Labute approximate surface area is 26.1 Å². The fourth-order valence-corrected chi connectivity index (χ4v) is 0. The molecule has 0 aromatic rings. The van der Waals surface area contributed by atoms with Gasteiger partial charge in [0.05, 0.1) is 0 Å². The van der Waals surface area contributed by atoms with Gasteiger partial charge in [0.2, 0.25) is 0 Å². The van der Waals surface area contributed by atoms with Gasteiger partial charge in [0.25, 0.3) is 0 Å². The van der Waals surface area contributed by atoms with E-state index in [9.17, 15) is 0 Å². The summed E-state index contributed by atoms with van der Waals surface area (Å²) in [5.41, 5.74) is 4.91. The predicted molar refractivity (Wildman–Crippen MR) is 19.3 cm³/mol. The van der Waals surface area contributed by atoms with E-state index in [1.165, 1.54) is 0 Å². The smallest absolute Gasteiger partial charge is 0.0104 e. The van der Waals surface area contributed by atoms with Crippen molar-refractivity contribution in [2.24, 2.45) is 5.73 Å². The third-order valence-corrected chi connectivity index (χ3v) is 0.167. The molecule has 1 nitrogen and oxygen atoms in total. The molecule has 0 amide bonds. The highest BCUT2D eigenvalue weighted by Crippen LogP contribution is 1.40. The van der Waals surface area contributed by atoms with Crippen molar-refractivity contribution in [1.82, 2.24) is 0 Å². The van der Waals surface area contributed by atoms with Gasteiger partial charge in [-0.25, -0.2) is 0 Å². The largest absolute Gasteiger partial charge is 0.327 e. The van der Waals surface area contributed by atoms with E-state index < -0.39 is 0 Å². The zero-order valence-electron chi connectivity index (χ0n) is 2.57. The van der Waals surface area contributed by atoms with Crippen molar-refractivity contribution < 1.29 is 0 Å². The molecule has 0 atom stereocenters. The third kappa shape index (κ3) is 1.70. The SMILES string of the molecule is [13CH2]=[13CH][13CH2][15NH2]. The van der Waals surface area contributed by atoms with E-state index in [0.717, 1.165) is 0 Å². The Morgan fingerprint density at radius 2 is 2.25 bits per heavy atom. The van der Waals surface area contributed by atoms with Crippen molar-refractivity contribution in [1.29, 1.82) is 0 Å². The van der Waals surface area contributed by atoms with Crippen LogP contribution in [0.4, 0.5) is 0 Å². The first-order valence-electron chi connectivity index (χ1n) is 1.22. The summed E-state index contributed by atoms with van der Waals surface area (Å²) in [5, 5.41) is 0. The van der Waals surface area contributed by atoms with Crippen LogP contribution in [0.2, 0.25) is 0 Å². The third-order valence-electron chi connectivity index (χ3n) is 0.167. The maximum absolute atomic E-state index is 4.91. The molecule has 2 N–H and O–H groups in total. The lowest BCUT2D eigenvalue weighted by Gasteiger charge is -1.61. The van der Waals surface area contributed by atoms with Crippen LogP contribution in [0.1, 0.15) is 0 Å². The number of hydrogen-bond donors (Lipinski definition) is 1. The quantitative estimate of drug-likeness (QED) is 0.260. The van der Waals surface area contributed by atoms with Gasteiger partial charge in [-0.05, 0) is 0 Å². The molecule has 0 saturated carbocycles. The maximum atomic E-state index is 4.91. The van der Waals surface area contributed by atoms with Gasteiger partial charge in [-0.15, -0.1) is 6.58 Å². The summed E-state index contributed by atoms with van der Waals surface area (Å²) in [6, 6.07) is 0. The molecular weight excluding hydrogens is 54.0 g/mol. The normalized spacial score (nSPS) is 6.25. The minimum atomic E-state index is 0.583. The predicted octanol–water partition coefficient (Wildman–Crippen LogP) is 0.131. The van der Waals surface area contributed by atoms with Gasteiger partial charge >= 0.3 is 0 Å². The van der Waals surface area contributed by atoms with Crippen molar-refractivity contribution >= 4 is 0 Å². The van der Waals surface area contributed by atoms with Crippen LogP contribution in [0.15, 0.2) is 12.7 Å². The van der Waals surface area contributed by atoms with Crippen LogP contribution >= 0.6 is 0 Å². The summed E-state index contributed by atoms with van der Waals surface area (Å²) < 4.78 is 0. The Morgan fingerprint density at radius 3 is 2.25 bits per heavy atom. The van der Waals surface area contributed by atoms with Crippen LogP contribution in [0.5, 0.6) is 0 Å². The molecule has 0 aromatic carbocycles. The van der Waals surface area contributed by atoms with Crippen molar-refractivity contribution in [3.63, 3.8) is 0 Å². The zero-order valence-corrected chi connectivity index (χ0v) is 2.57. The lowest BCUT2D eigenvalue weighted by molar-refractivity contribution is 1.26. The average Bonchev–Trinajstić information content (AvgIpc) is 1.37. The van der Waals surface area contributed by atoms with Gasteiger partial charge in [-0.1, -0.05) is 6.08 Å². The molecule has 1 heteroatoms. The molecule has 0 aromatic heterocycles. The Morgan fingerprint density at radius 1 is 2.00 bits per heavy atom. The summed E-state index contributed by atoms with van der Waals surface area (Å²) >= 11 is 0. The summed E-state index contributed by atoms with van der Waals surface area (Å²) in [4.78, 5) is 0. The standard InChI is InChI=1S/C3H7N/c1-2-3-4/h2H,1,3-4H2/i1+1,2+1,3+1,4+1. The monoisotopic (exact) mass is 61.1 g/mol. The second kappa shape index (κ2) is 2.70. The molecule has 24 valence electrons. The second-order valence-corrected chi connectivity index (χ2v) is 0.524. The van der Waals surface area contributed by atoms with Crippen LogP contribution in [0.25, 0.3) is 0 Å². The first-order chi connectivity index (χ1) is 1.91. The Hall–Kier alpha value is -0.300. The van der Waals surface area contributed by atoms with Crippen LogP contribution in [0.3, 0.4) is 0 Å².